The van der Waals surface area contributed by atoms with E-state index in [2.05, 4.69) is 47.7 Å². The van der Waals surface area contributed by atoms with Crippen LogP contribution in [0.2, 0.25) is 0 Å². The van der Waals surface area contributed by atoms with Gasteiger partial charge in [-0.1, -0.05) is 26.0 Å². The maximum absolute atomic E-state index is 12.9. The lowest BCUT2D eigenvalue weighted by atomic mass is 9.46. The smallest absolute Gasteiger partial charge is 0.271 e. The summed E-state index contributed by atoms with van der Waals surface area (Å²) in [5.74, 6) is 1.89. The number of amides is 3. The van der Waals surface area contributed by atoms with Crippen molar-refractivity contribution >= 4 is 29.2 Å². The second-order valence-corrected chi connectivity index (χ2v) is 14.1. The minimum absolute atomic E-state index is 0.163. The highest BCUT2D eigenvalue weighted by Gasteiger charge is 2.59. The second kappa shape index (κ2) is 12.8. The number of nitrogens with zero attached hydrogens (tertiary/aromatic N) is 1. The quantitative estimate of drug-likeness (QED) is 0.190. The van der Waals surface area contributed by atoms with Gasteiger partial charge in [-0.25, -0.2) is 5.43 Å². The van der Waals surface area contributed by atoms with Crippen molar-refractivity contribution in [3.05, 3.63) is 59.2 Å². The third kappa shape index (κ3) is 6.18. The number of rotatable bonds is 9. The lowest BCUT2D eigenvalue weighted by Gasteiger charge is -2.58. The van der Waals surface area contributed by atoms with Crippen LogP contribution in [0.25, 0.3) is 0 Å². The standard InChI is InChI=1S/C36H48N4O4/c1-22(2)32(42)37-19-6-20-38-33(43)24-7-9-25(10-8-24)34(44)40-39-27-15-17-35(4)26(21-27)11-12-28-30-14-13-29(23(3)41)36(30,5)18-16-31(28)35/h7-10,21,28-31H,1,6,11-20H2,2-5H3,(H,37,42)(H,38,43)(H,40,44)/t28-,29+,30-,31-,35-,36+/m0/s1. The van der Waals surface area contributed by atoms with E-state index in [4.69, 9.17) is 0 Å². The summed E-state index contributed by atoms with van der Waals surface area (Å²) in [6, 6.07) is 6.52. The number of benzene rings is 1. The number of ketones is 1. The van der Waals surface area contributed by atoms with Crippen LogP contribution in [-0.2, 0) is 9.59 Å². The van der Waals surface area contributed by atoms with Crippen LogP contribution < -0.4 is 16.1 Å². The molecule has 236 valence electrons. The maximum Gasteiger partial charge on any atom is 0.271 e. The lowest BCUT2D eigenvalue weighted by molar-refractivity contribution is -0.127. The first kappa shape index (κ1) is 31.9. The van der Waals surface area contributed by atoms with Crippen molar-refractivity contribution in [1.82, 2.24) is 16.1 Å². The zero-order chi connectivity index (χ0) is 31.6. The molecule has 3 N–H and O–H groups in total. The van der Waals surface area contributed by atoms with Crippen LogP contribution in [-0.4, -0.2) is 42.3 Å². The molecule has 8 heteroatoms. The van der Waals surface area contributed by atoms with Gasteiger partial charge in [0, 0.05) is 35.7 Å². The van der Waals surface area contributed by atoms with Crippen LogP contribution in [0.1, 0.15) is 106 Å². The monoisotopic (exact) mass is 600 g/mol. The molecule has 5 rings (SSSR count). The van der Waals surface area contributed by atoms with Crippen molar-refractivity contribution in [1.29, 1.82) is 0 Å². The van der Waals surface area contributed by atoms with Gasteiger partial charge in [-0.05, 0) is 131 Å². The van der Waals surface area contributed by atoms with Crippen LogP contribution in [0.15, 0.2) is 53.2 Å². The number of hydrogen-bond donors (Lipinski definition) is 3. The molecule has 0 radical (unpaired) electrons. The van der Waals surface area contributed by atoms with Crippen molar-refractivity contribution in [2.75, 3.05) is 13.1 Å². The Morgan fingerprint density at radius 3 is 2.23 bits per heavy atom. The van der Waals surface area contributed by atoms with Crippen molar-refractivity contribution in [2.45, 2.75) is 85.5 Å². The van der Waals surface area contributed by atoms with Crippen molar-refractivity contribution in [3.63, 3.8) is 0 Å². The molecule has 0 saturated heterocycles. The van der Waals surface area contributed by atoms with Crippen LogP contribution in [0.3, 0.4) is 0 Å². The molecule has 0 aromatic heterocycles. The van der Waals surface area contributed by atoms with E-state index in [1.54, 1.807) is 38.1 Å². The third-order valence-electron chi connectivity index (χ3n) is 11.5. The molecule has 1 aromatic carbocycles. The average Bonchev–Trinajstić information content (AvgIpc) is 3.37. The van der Waals surface area contributed by atoms with Gasteiger partial charge >= 0.3 is 0 Å². The fourth-order valence-electron chi connectivity index (χ4n) is 9.03. The van der Waals surface area contributed by atoms with E-state index in [1.165, 1.54) is 24.8 Å². The average molecular weight is 601 g/mol. The van der Waals surface area contributed by atoms with E-state index in [0.717, 1.165) is 37.8 Å². The van der Waals surface area contributed by atoms with Gasteiger partial charge in [0.2, 0.25) is 5.91 Å². The van der Waals surface area contributed by atoms with Gasteiger partial charge in [0.1, 0.15) is 5.78 Å². The Morgan fingerprint density at radius 2 is 1.55 bits per heavy atom. The molecule has 3 amide bonds. The number of fused-ring (bicyclic) bond motifs is 5. The summed E-state index contributed by atoms with van der Waals surface area (Å²) in [7, 11) is 0. The number of nitrogens with one attached hydrogen (secondary N) is 3. The molecule has 8 nitrogen and oxygen atoms in total. The van der Waals surface area contributed by atoms with Gasteiger partial charge in [0.15, 0.2) is 0 Å². The summed E-state index contributed by atoms with van der Waals surface area (Å²) < 4.78 is 0. The first-order chi connectivity index (χ1) is 20.9. The normalized spacial score (nSPS) is 31.5. The van der Waals surface area contributed by atoms with Gasteiger partial charge in [-0.2, -0.15) is 5.10 Å². The van der Waals surface area contributed by atoms with E-state index in [9.17, 15) is 19.2 Å². The Labute approximate surface area is 261 Å². The van der Waals surface area contributed by atoms with E-state index >= 15 is 0 Å². The highest BCUT2D eigenvalue weighted by atomic mass is 16.2. The molecule has 4 aliphatic rings. The summed E-state index contributed by atoms with van der Waals surface area (Å²) in [5, 5.41) is 10.1. The Morgan fingerprint density at radius 1 is 0.864 bits per heavy atom. The largest absolute Gasteiger partial charge is 0.352 e. The fraction of sp³-hybridized carbons (Fsp3) is 0.583. The van der Waals surface area contributed by atoms with Crippen molar-refractivity contribution in [3.8, 4) is 0 Å². The fourth-order valence-corrected chi connectivity index (χ4v) is 9.03. The topological polar surface area (TPSA) is 117 Å². The number of hydrazone groups is 1. The molecule has 0 aliphatic heterocycles. The maximum atomic E-state index is 12.9. The molecule has 0 spiro atoms. The highest BCUT2D eigenvalue weighted by molar-refractivity contribution is 6.00. The zero-order valence-electron chi connectivity index (χ0n) is 26.8. The van der Waals surface area contributed by atoms with Crippen molar-refractivity contribution < 1.29 is 19.2 Å². The minimum atomic E-state index is -0.305. The van der Waals surface area contributed by atoms with Crippen molar-refractivity contribution in [2.24, 2.45) is 39.6 Å². The highest BCUT2D eigenvalue weighted by Crippen LogP contribution is 2.66. The molecule has 44 heavy (non-hydrogen) atoms. The number of carbonyl (C=O) groups excluding carboxylic acids is 4. The van der Waals surface area contributed by atoms with Gasteiger partial charge < -0.3 is 10.6 Å². The number of hydrogen-bond acceptors (Lipinski definition) is 5. The molecular weight excluding hydrogens is 552 g/mol. The molecule has 1 aromatic rings. The first-order valence-corrected chi connectivity index (χ1v) is 16.3. The van der Waals surface area contributed by atoms with Crippen LogP contribution in [0.5, 0.6) is 0 Å². The molecule has 3 saturated carbocycles. The van der Waals surface area contributed by atoms with Crippen LogP contribution >= 0.6 is 0 Å². The Hall–Kier alpha value is -3.55. The lowest BCUT2D eigenvalue weighted by Crippen LogP contribution is -2.51. The predicted molar refractivity (Wildman–Crippen MR) is 172 cm³/mol. The summed E-state index contributed by atoms with van der Waals surface area (Å²) in [6.45, 7) is 12.8. The third-order valence-corrected chi connectivity index (χ3v) is 11.5. The van der Waals surface area contributed by atoms with Crippen LogP contribution in [0, 0.1) is 34.5 Å². The van der Waals surface area contributed by atoms with E-state index in [1.807, 2.05) is 0 Å². The summed E-state index contributed by atoms with van der Waals surface area (Å²) in [5.41, 5.74) is 6.80. The molecule has 4 aliphatic carbocycles. The second-order valence-electron chi connectivity index (χ2n) is 14.1. The summed E-state index contributed by atoms with van der Waals surface area (Å²) >= 11 is 0. The van der Waals surface area contributed by atoms with E-state index in [-0.39, 0.29) is 34.5 Å². The zero-order valence-corrected chi connectivity index (χ0v) is 26.8. The Kier molecular flexibility index (Phi) is 9.28. The molecule has 3 fully saturated rings. The number of allylic oxidation sites excluding steroid dienone is 2. The van der Waals surface area contributed by atoms with Gasteiger partial charge in [0.05, 0.1) is 5.71 Å². The Bertz CT molecular complexity index is 1390. The predicted octanol–water partition coefficient (Wildman–Crippen LogP) is 5.75. The molecule has 6 atom stereocenters. The van der Waals surface area contributed by atoms with Gasteiger partial charge in [0.25, 0.3) is 11.8 Å². The molecule has 0 unspecified atom stereocenters. The molecular formula is C36H48N4O4. The summed E-state index contributed by atoms with van der Waals surface area (Å²) in [4.78, 5) is 49.3. The number of Topliss-reactive ketones (excluding diaryl/α,β-unsaturated/α-hetero) is 1. The molecule has 0 bridgehead atoms. The number of carbonyl (C=O) groups is 4. The Balaban J connectivity index is 1.14. The minimum Gasteiger partial charge on any atom is -0.352 e. The SMILES string of the molecule is C=C(C)C(=O)NCCCNC(=O)c1ccc(C(=O)NN=C2C=C3CC[C@H]4[C@@H]5CC[C@H](C(C)=O)[C@@]5(C)CC[C@@H]4[C@@]3(C)CC2)cc1. The summed E-state index contributed by atoms with van der Waals surface area (Å²) in [6.07, 6.45) is 11.6. The molecule has 0 heterocycles. The van der Waals surface area contributed by atoms with Gasteiger partial charge in [-0.15, -0.1) is 0 Å². The van der Waals surface area contributed by atoms with E-state index < -0.39 is 0 Å². The first-order valence-electron chi connectivity index (χ1n) is 16.3. The van der Waals surface area contributed by atoms with E-state index in [0.29, 0.717) is 59.7 Å². The van der Waals surface area contributed by atoms with Gasteiger partial charge in [-0.3, -0.25) is 19.2 Å². The van der Waals surface area contributed by atoms with Crippen LogP contribution in [0.4, 0.5) is 0 Å².